The van der Waals surface area contributed by atoms with Gasteiger partial charge in [-0.2, -0.15) is 0 Å². The van der Waals surface area contributed by atoms with Gasteiger partial charge in [0.05, 0.1) is 7.11 Å². The lowest BCUT2D eigenvalue weighted by Gasteiger charge is -2.33. The molecule has 6 heteroatoms. The minimum atomic E-state index is -0.353. The maximum Gasteiger partial charge on any atom is 0.270 e. The summed E-state index contributed by atoms with van der Waals surface area (Å²) in [5, 5.41) is 3.16. The summed E-state index contributed by atoms with van der Waals surface area (Å²) in [4.78, 5) is 19.7. The summed E-state index contributed by atoms with van der Waals surface area (Å²) in [6, 6.07) is 8.40. The van der Waals surface area contributed by atoms with E-state index in [0.29, 0.717) is 17.9 Å². The van der Waals surface area contributed by atoms with Crippen LogP contribution in [0.3, 0.4) is 0 Å². The molecule has 4 rings (SSSR count). The van der Waals surface area contributed by atoms with Crippen LogP contribution in [-0.2, 0) is 6.42 Å². The molecule has 1 aliphatic carbocycles. The number of methoxy groups -OCH3 is 1. The Labute approximate surface area is 184 Å². The topological polar surface area (TPSA) is 54.5 Å². The number of anilines is 1. The van der Waals surface area contributed by atoms with Crippen LogP contribution in [0, 0.1) is 11.7 Å². The van der Waals surface area contributed by atoms with Crippen LogP contribution in [0.5, 0.6) is 5.75 Å². The third-order valence-corrected chi connectivity index (χ3v) is 6.66. The molecule has 5 nitrogen and oxygen atoms in total. The summed E-state index contributed by atoms with van der Waals surface area (Å²) in [7, 11) is 1.58. The fraction of sp³-hybridized carbons (Fsp3) is 0.520. The predicted molar refractivity (Wildman–Crippen MR) is 120 cm³/mol. The van der Waals surface area contributed by atoms with Crippen LogP contribution in [0.4, 0.5) is 10.1 Å². The molecule has 0 unspecified atom stereocenters. The number of ether oxygens (including phenoxy) is 1. The minimum Gasteiger partial charge on any atom is -0.496 e. The molecule has 0 bridgehead atoms. The monoisotopic (exact) mass is 425 g/mol. The maximum absolute atomic E-state index is 13.7. The fourth-order valence-electron chi connectivity index (χ4n) is 4.68. The molecular formula is C25H32FN3O2. The first-order chi connectivity index (χ1) is 15.0. The molecule has 1 saturated heterocycles. The Kier molecular flexibility index (Phi) is 6.44. The van der Waals surface area contributed by atoms with Gasteiger partial charge >= 0.3 is 0 Å². The summed E-state index contributed by atoms with van der Waals surface area (Å²) < 4.78 is 19.1. The zero-order valence-corrected chi connectivity index (χ0v) is 18.5. The van der Waals surface area contributed by atoms with Crippen molar-refractivity contribution < 1.29 is 13.9 Å². The summed E-state index contributed by atoms with van der Waals surface area (Å²) in [5.74, 6) is 1.000. The van der Waals surface area contributed by atoms with Crippen molar-refractivity contribution in [3.8, 4) is 5.75 Å². The summed E-state index contributed by atoms with van der Waals surface area (Å²) in [6.07, 6.45) is 8.95. The number of pyridine rings is 1. The van der Waals surface area contributed by atoms with Crippen molar-refractivity contribution in [3.05, 3.63) is 53.6 Å². The molecule has 0 spiro atoms. The van der Waals surface area contributed by atoms with Crippen molar-refractivity contribution in [1.82, 2.24) is 10.3 Å². The SMILES string of the molecule is CCCC1CCN(c2ccnc(C(=O)NC3(Cc4cc(F)ccc4OC)CC3)c2)CC1. The number of rotatable bonds is 8. The molecule has 31 heavy (non-hydrogen) atoms. The first-order valence-corrected chi connectivity index (χ1v) is 11.4. The van der Waals surface area contributed by atoms with Crippen molar-refractivity contribution in [2.75, 3.05) is 25.1 Å². The third kappa shape index (κ3) is 5.17. The highest BCUT2D eigenvalue weighted by atomic mass is 19.1. The first-order valence-electron chi connectivity index (χ1n) is 11.4. The Balaban J connectivity index is 1.41. The van der Waals surface area contributed by atoms with E-state index in [1.807, 2.05) is 12.1 Å². The average molecular weight is 426 g/mol. The van der Waals surface area contributed by atoms with Crippen LogP contribution in [0.2, 0.25) is 0 Å². The molecule has 2 heterocycles. The van der Waals surface area contributed by atoms with Gasteiger partial charge in [-0.15, -0.1) is 0 Å². The zero-order valence-electron chi connectivity index (χ0n) is 18.5. The highest BCUT2D eigenvalue weighted by Crippen LogP contribution is 2.41. The molecular weight excluding hydrogens is 393 g/mol. The van der Waals surface area contributed by atoms with Crippen LogP contribution in [0.1, 0.15) is 61.5 Å². The second-order valence-corrected chi connectivity index (χ2v) is 8.99. The van der Waals surface area contributed by atoms with Crippen molar-refractivity contribution in [2.24, 2.45) is 5.92 Å². The lowest BCUT2D eigenvalue weighted by molar-refractivity contribution is 0.0926. The van der Waals surface area contributed by atoms with E-state index < -0.39 is 0 Å². The van der Waals surface area contributed by atoms with Crippen molar-refractivity contribution in [1.29, 1.82) is 0 Å². The lowest BCUT2D eigenvalue weighted by Crippen LogP contribution is -2.39. The van der Waals surface area contributed by atoms with Crippen molar-refractivity contribution in [3.63, 3.8) is 0 Å². The zero-order chi connectivity index (χ0) is 21.8. The van der Waals surface area contributed by atoms with E-state index in [1.165, 1.54) is 37.8 Å². The Morgan fingerprint density at radius 1 is 1.26 bits per heavy atom. The Morgan fingerprint density at radius 3 is 2.71 bits per heavy atom. The van der Waals surface area contributed by atoms with Gasteiger partial charge < -0.3 is 15.0 Å². The van der Waals surface area contributed by atoms with Gasteiger partial charge in [0.15, 0.2) is 0 Å². The van der Waals surface area contributed by atoms with Crippen LogP contribution < -0.4 is 15.0 Å². The molecule has 1 aromatic carbocycles. The number of nitrogens with zero attached hydrogens (tertiary/aromatic N) is 2. The van der Waals surface area contributed by atoms with E-state index in [4.69, 9.17) is 4.74 Å². The second-order valence-electron chi connectivity index (χ2n) is 8.99. The number of amides is 1. The number of benzene rings is 1. The number of piperidine rings is 1. The van der Waals surface area contributed by atoms with E-state index in [2.05, 4.69) is 22.1 Å². The molecule has 0 atom stereocenters. The molecule has 166 valence electrons. The minimum absolute atomic E-state index is 0.171. The van der Waals surface area contributed by atoms with Crippen molar-refractivity contribution >= 4 is 11.6 Å². The van der Waals surface area contributed by atoms with Crippen LogP contribution in [0.15, 0.2) is 36.5 Å². The Hall–Kier alpha value is -2.63. The molecule has 2 fully saturated rings. The average Bonchev–Trinajstić information content (AvgIpc) is 3.53. The summed E-state index contributed by atoms with van der Waals surface area (Å²) >= 11 is 0. The molecule has 2 aliphatic rings. The normalized spacial score (nSPS) is 18.0. The Morgan fingerprint density at radius 2 is 2.03 bits per heavy atom. The smallest absolute Gasteiger partial charge is 0.270 e. The summed E-state index contributed by atoms with van der Waals surface area (Å²) in [6.45, 7) is 4.30. The van der Waals surface area contributed by atoms with Crippen LogP contribution in [-0.4, -0.2) is 36.6 Å². The van der Waals surface area contributed by atoms with Gasteiger partial charge in [0.25, 0.3) is 5.91 Å². The van der Waals surface area contributed by atoms with Gasteiger partial charge in [-0.25, -0.2) is 4.39 Å². The number of nitrogens with one attached hydrogen (secondary N) is 1. The third-order valence-electron chi connectivity index (χ3n) is 6.66. The second kappa shape index (κ2) is 9.25. The number of aromatic nitrogens is 1. The van der Waals surface area contributed by atoms with Gasteiger partial charge in [0, 0.05) is 30.5 Å². The number of halogens is 1. The van der Waals surface area contributed by atoms with Gasteiger partial charge in [-0.3, -0.25) is 9.78 Å². The molecule has 0 radical (unpaired) electrons. The van der Waals surface area contributed by atoms with E-state index in [-0.39, 0.29) is 17.3 Å². The number of hydrogen-bond acceptors (Lipinski definition) is 4. The molecule has 2 aromatic rings. The standard InChI is InChI=1S/C25H32FN3O2/c1-3-4-18-8-13-29(14-9-18)21-7-12-27-22(16-21)24(30)28-25(10-11-25)17-19-15-20(26)5-6-23(19)31-2/h5-7,12,15-16,18H,3-4,8-11,13-14,17H2,1-2H3,(H,28,30). The van der Waals surface area contributed by atoms with Crippen LogP contribution in [0.25, 0.3) is 0 Å². The number of carbonyl (C=O) groups excluding carboxylic acids is 1. The first kappa shape index (κ1) is 21.6. The molecule has 1 aliphatic heterocycles. The van der Waals surface area contributed by atoms with E-state index in [0.717, 1.165) is 43.1 Å². The van der Waals surface area contributed by atoms with Crippen molar-refractivity contribution in [2.45, 2.75) is 57.4 Å². The van der Waals surface area contributed by atoms with Gasteiger partial charge in [0.2, 0.25) is 0 Å². The van der Waals surface area contributed by atoms with Gasteiger partial charge in [0.1, 0.15) is 17.3 Å². The van der Waals surface area contributed by atoms with Gasteiger partial charge in [-0.05, 0) is 73.9 Å². The lowest BCUT2D eigenvalue weighted by atomic mass is 9.92. The van der Waals surface area contributed by atoms with Crippen LogP contribution >= 0.6 is 0 Å². The fourth-order valence-corrected chi connectivity index (χ4v) is 4.68. The molecule has 1 N–H and O–H groups in total. The van der Waals surface area contributed by atoms with Gasteiger partial charge in [-0.1, -0.05) is 19.8 Å². The quantitative estimate of drug-likeness (QED) is 0.663. The largest absolute Gasteiger partial charge is 0.496 e. The number of carbonyl (C=O) groups is 1. The van der Waals surface area contributed by atoms with E-state index in [1.54, 1.807) is 19.4 Å². The van der Waals surface area contributed by atoms with E-state index in [9.17, 15) is 9.18 Å². The highest BCUT2D eigenvalue weighted by Gasteiger charge is 2.45. The molecule has 1 saturated carbocycles. The Bertz CT molecular complexity index is 921. The summed E-state index contributed by atoms with van der Waals surface area (Å²) in [5.41, 5.74) is 1.92. The molecule has 1 aromatic heterocycles. The highest BCUT2D eigenvalue weighted by molar-refractivity contribution is 5.94. The number of hydrogen-bond donors (Lipinski definition) is 1. The van der Waals surface area contributed by atoms with E-state index >= 15 is 0 Å². The predicted octanol–water partition coefficient (Wildman–Crippen LogP) is 4.75. The molecule has 1 amide bonds. The maximum atomic E-state index is 13.7.